The second-order valence-corrected chi connectivity index (χ2v) is 6.24. The van der Waals surface area contributed by atoms with Crippen LogP contribution in [0.5, 0.6) is 0 Å². The van der Waals surface area contributed by atoms with Crippen molar-refractivity contribution in [1.29, 1.82) is 0 Å². The van der Waals surface area contributed by atoms with Crippen molar-refractivity contribution in [3.63, 3.8) is 0 Å². The first-order chi connectivity index (χ1) is 9.47. The fourth-order valence-electron chi connectivity index (χ4n) is 1.92. The molecule has 0 heterocycles. The van der Waals surface area contributed by atoms with Crippen molar-refractivity contribution in [2.75, 3.05) is 11.9 Å². The molecule has 0 bridgehead atoms. The van der Waals surface area contributed by atoms with Gasteiger partial charge in [-0.2, -0.15) is 0 Å². The summed E-state index contributed by atoms with van der Waals surface area (Å²) in [5.41, 5.74) is 8.77. The van der Waals surface area contributed by atoms with E-state index in [4.69, 9.17) is 29.6 Å². The van der Waals surface area contributed by atoms with Gasteiger partial charge in [-0.25, -0.2) is 0 Å². The maximum Gasteiger partial charge on any atom is 0.104 e. The summed E-state index contributed by atoms with van der Waals surface area (Å²) in [4.78, 5) is 2.55. The Morgan fingerprint density at radius 2 is 1.90 bits per heavy atom. The highest BCUT2D eigenvalue weighted by Gasteiger charge is 2.08. The lowest BCUT2D eigenvalue weighted by Crippen LogP contribution is -2.17. The number of thiocarbonyl (C=S) groups is 1. The summed E-state index contributed by atoms with van der Waals surface area (Å²) < 4.78 is 0.972. The molecule has 2 N–H and O–H groups in total. The van der Waals surface area contributed by atoms with Crippen LogP contribution in [0.2, 0.25) is 5.02 Å². The number of rotatable bonds is 4. The van der Waals surface area contributed by atoms with Crippen molar-refractivity contribution >= 4 is 50.4 Å². The van der Waals surface area contributed by atoms with Gasteiger partial charge in [-0.3, -0.25) is 0 Å². The smallest absolute Gasteiger partial charge is 0.104 e. The van der Waals surface area contributed by atoms with Crippen LogP contribution in [0.25, 0.3) is 0 Å². The van der Waals surface area contributed by atoms with Gasteiger partial charge in [0.15, 0.2) is 0 Å². The van der Waals surface area contributed by atoms with E-state index in [1.807, 2.05) is 49.5 Å². The van der Waals surface area contributed by atoms with Gasteiger partial charge in [-0.1, -0.05) is 36.0 Å². The Labute approximate surface area is 137 Å². The molecule has 0 aliphatic rings. The van der Waals surface area contributed by atoms with Crippen molar-refractivity contribution in [3.8, 4) is 0 Å². The molecule has 2 nitrogen and oxygen atoms in total. The molecular formula is C15H14BrClN2S. The normalized spacial score (nSPS) is 10.3. The average Bonchev–Trinajstić information content (AvgIpc) is 2.41. The first-order valence-electron chi connectivity index (χ1n) is 6.02. The Morgan fingerprint density at radius 1 is 1.25 bits per heavy atom. The van der Waals surface area contributed by atoms with Crippen LogP contribution in [-0.4, -0.2) is 12.0 Å². The molecule has 20 heavy (non-hydrogen) atoms. The molecule has 0 saturated carbocycles. The molecule has 0 unspecified atom stereocenters. The third kappa shape index (κ3) is 3.72. The first-order valence-corrected chi connectivity index (χ1v) is 7.60. The molecule has 5 heteroatoms. The first kappa shape index (κ1) is 15.3. The highest BCUT2D eigenvalue weighted by Crippen LogP contribution is 2.27. The van der Waals surface area contributed by atoms with E-state index in [9.17, 15) is 0 Å². The predicted molar refractivity (Wildman–Crippen MR) is 93.6 cm³/mol. The highest BCUT2D eigenvalue weighted by atomic mass is 79.9. The highest BCUT2D eigenvalue weighted by molar-refractivity contribution is 9.10. The lowest BCUT2D eigenvalue weighted by Gasteiger charge is -2.21. The Bertz CT molecular complexity index is 628. The summed E-state index contributed by atoms with van der Waals surface area (Å²) in [6, 6.07) is 13.7. The number of halogens is 2. The van der Waals surface area contributed by atoms with Gasteiger partial charge in [0, 0.05) is 28.7 Å². The van der Waals surface area contributed by atoms with Gasteiger partial charge in [0.2, 0.25) is 0 Å². The zero-order valence-corrected chi connectivity index (χ0v) is 14.1. The zero-order chi connectivity index (χ0) is 14.7. The standard InChI is InChI=1S/C15H14BrClN2S/c1-19(9-10-2-5-12(17)6-3-10)14-7-4-11(15(18)20)8-13(14)16/h2-8H,9H2,1H3,(H2,18,20). The number of hydrogen-bond acceptors (Lipinski definition) is 2. The molecule has 0 aliphatic heterocycles. The van der Waals surface area contributed by atoms with Crippen LogP contribution in [0.15, 0.2) is 46.9 Å². The fraction of sp³-hybridized carbons (Fsp3) is 0.133. The van der Waals surface area contributed by atoms with E-state index in [-0.39, 0.29) is 0 Å². The van der Waals surface area contributed by atoms with Crippen LogP contribution in [0.4, 0.5) is 5.69 Å². The van der Waals surface area contributed by atoms with Gasteiger partial charge < -0.3 is 10.6 Å². The van der Waals surface area contributed by atoms with E-state index in [1.54, 1.807) is 0 Å². The largest absolute Gasteiger partial charge is 0.389 e. The van der Waals surface area contributed by atoms with Gasteiger partial charge in [-0.05, 0) is 51.8 Å². The zero-order valence-electron chi connectivity index (χ0n) is 10.9. The Hall–Kier alpha value is -1.10. The SMILES string of the molecule is CN(Cc1ccc(Cl)cc1)c1ccc(C(N)=S)cc1Br. The van der Waals surface area contributed by atoms with Crippen molar-refractivity contribution in [2.24, 2.45) is 5.73 Å². The van der Waals surface area contributed by atoms with Crippen LogP contribution in [0, 0.1) is 0 Å². The predicted octanol–water partition coefficient (Wildman–Crippen LogP) is 4.37. The molecule has 0 spiro atoms. The Kier molecular flexibility index (Phi) is 5.02. The maximum atomic E-state index is 5.89. The van der Waals surface area contributed by atoms with Crippen LogP contribution in [0.3, 0.4) is 0 Å². The summed E-state index contributed by atoms with van der Waals surface area (Å²) in [7, 11) is 2.04. The minimum Gasteiger partial charge on any atom is -0.389 e. The van der Waals surface area contributed by atoms with Crippen LogP contribution < -0.4 is 10.6 Å². The molecule has 104 valence electrons. The molecule has 0 aliphatic carbocycles. The minimum atomic E-state index is 0.401. The van der Waals surface area contributed by atoms with E-state index in [2.05, 4.69) is 20.8 Å². The van der Waals surface area contributed by atoms with E-state index in [0.29, 0.717) is 4.99 Å². The van der Waals surface area contributed by atoms with Crippen LogP contribution in [0.1, 0.15) is 11.1 Å². The third-order valence-electron chi connectivity index (χ3n) is 2.98. The third-order valence-corrected chi connectivity index (χ3v) is 4.10. The quantitative estimate of drug-likeness (QED) is 0.811. The molecule has 2 aromatic carbocycles. The van der Waals surface area contributed by atoms with Gasteiger partial charge in [-0.15, -0.1) is 0 Å². The molecule has 2 rings (SSSR count). The van der Waals surface area contributed by atoms with Crippen molar-refractivity contribution in [3.05, 3.63) is 63.1 Å². The van der Waals surface area contributed by atoms with E-state index in [0.717, 1.165) is 27.3 Å². The average molecular weight is 370 g/mol. The maximum absolute atomic E-state index is 5.89. The molecule has 0 atom stereocenters. The summed E-state index contributed by atoms with van der Waals surface area (Å²) >= 11 is 14.4. The molecular weight excluding hydrogens is 356 g/mol. The van der Waals surface area contributed by atoms with Crippen LogP contribution in [-0.2, 0) is 6.54 Å². The molecule has 0 fully saturated rings. The topological polar surface area (TPSA) is 29.3 Å². The summed E-state index contributed by atoms with van der Waals surface area (Å²) in [5, 5.41) is 0.749. The molecule has 0 amide bonds. The molecule has 0 radical (unpaired) electrons. The number of nitrogens with zero attached hydrogens (tertiary/aromatic N) is 1. The minimum absolute atomic E-state index is 0.401. The van der Waals surface area contributed by atoms with E-state index >= 15 is 0 Å². The molecule has 0 saturated heterocycles. The van der Waals surface area contributed by atoms with Gasteiger partial charge in [0.1, 0.15) is 4.99 Å². The van der Waals surface area contributed by atoms with Gasteiger partial charge >= 0.3 is 0 Å². The lowest BCUT2D eigenvalue weighted by atomic mass is 10.1. The molecule has 2 aromatic rings. The Balaban J connectivity index is 2.18. The number of nitrogens with two attached hydrogens (primary N) is 1. The van der Waals surface area contributed by atoms with Crippen molar-refractivity contribution in [1.82, 2.24) is 0 Å². The second kappa shape index (κ2) is 6.57. The summed E-state index contributed by atoms with van der Waals surface area (Å²) in [6.45, 7) is 0.794. The fourth-order valence-corrected chi connectivity index (χ4v) is 2.85. The number of hydrogen-bond donors (Lipinski definition) is 1. The number of anilines is 1. The summed E-state index contributed by atoms with van der Waals surface area (Å²) in [6.07, 6.45) is 0. The van der Waals surface area contributed by atoms with Crippen molar-refractivity contribution < 1.29 is 0 Å². The van der Waals surface area contributed by atoms with Gasteiger partial charge in [0.25, 0.3) is 0 Å². The lowest BCUT2D eigenvalue weighted by molar-refractivity contribution is 0.920. The number of benzene rings is 2. The Morgan fingerprint density at radius 3 is 2.45 bits per heavy atom. The van der Waals surface area contributed by atoms with Crippen LogP contribution >= 0.6 is 39.7 Å². The van der Waals surface area contributed by atoms with E-state index in [1.165, 1.54) is 5.56 Å². The second-order valence-electron chi connectivity index (χ2n) is 4.51. The van der Waals surface area contributed by atoms with E-state index < -0.39 is 0 Å². The monoisotopic (exact) mass is 368 g/mol. The van der Waals surface area contributed by atoms with Crippen molar-refractivity contribution in [2.45, 2.75) is 6.54 Å². The van der Waals surface area contributed by atoms with Gasteiger partial charge in [0.05, 0.1) is 5.69 Å². The summed E-state index contributed by atoms with van der Waals surface area (Å²) in [5.74, 6) is 0. The molecule has 0 aromatic heterocycles.